The highest BCUT2D eigenvalue weighted by Gasteiger charge is 2.43. The van der Waals surface area contributed by atoms with Crippen LogP contribution in [-0.4, -0.2) is 67.8 Å². The van der Waals surface area contributed by atoms with Crippen molar-refractivity contribution in [1.29, 1.82) is 0 Å². The molecule has 11 heteroatoms. The predicted molar refractivity (Wildman–Crippen MR) is 122 cm³/mol. The number of amides is 4. The normalized spacial score (nSPS) is 19.2. The number of imide groups is 1. The van der Waals surface area contributed by atoms with Crippen LogP contribution < -0.4 is 15.4 Å². The molecule has 2 saturated heterocycles. The van der Waals surface area contributed by atoms with Gasteiger partial charge in [0.2, 0.25) is 15.9 Å². The zero-order chi connectivity index (χ0) is 24.2. The van der Waals surface area contributed by atoms with E-state index in [1.54, 1.807) is 13.8 Å². The van der Waals surface area contributed by atoms with E-state index in [4.69, 9.17) is 4.74 Å². The molecule has 0 saturated carbocycles. The maximum atomic E-state index is 13.1. The van der Waals surface area contributed by atoms with Gasteiger partial charge >= 0.3 is 6.03 Å². The fourth-order valence-electron chi connectivity index (χ4n) is 4.01. The van der Waals surface area contributed by atoms with Crippen LogP contribution in [-0.2, 0) is 19.6 Å². The Labute approximate surface area is 194 Å². The summed E-state index contributed by atoms with van der Waals surface area (Å²) in [6.45, 7) is 4.32. The van der Waals surface area contributed by atoms with E-state index in [0.717, 1.165) is 30.6 Å². The first-order valence-corrected chi connectivity index (χ1v) is 12.6. The third-order valence-corrected chi connectivity index (χ3v) is 7.77. The highest BCUT2D eigenvalue weighted by molar-refractivity contribution is 7.89. The maximum Gasteiger partial charge on any atom is 0.325 e. The van der Waals surface area contributed by atoms with Crippen LogP contribution in [0.15, 0.2) is 23.1 Å². The quantitative estimate of drug-likeness (QED) is 0.550. The van der Waals surface area contributed by atoms with Crippen molar-refractivity contribution in [3.05, 3.63) is 18.2 Å². The molecule has 1 aromatic carbocycles. The molecule has 2 aliphatic rings. The van der Waals surface area contributed by atoms with Gasteiger partial charge in [0, 0.05) is 26.1 Å². The average molecular weight is 481 g/mol. The molecule has 2 aliphatic heterocycles. The van der Waals surface area contributed by atoms with Gasteiger partial charge in [-0.1, -0.05) is 12.8 Å². The van der Waals surface area contributed by atoms with Crippen LogP contribution in [0.25, 0.3) is 0 Å². The molecule has 0 spiro atoms. The number of nitrogens with zero attached hydrogens (tertiary/aromatic N) is 2. The van der Waals surface area contributed by atoms with Crippen LogP contribution in [0.3, 0.4) is 0 Å². The number of ether oxygens (including phenoxy) is 1. The lowest BCUT2D eigenvalue weighted by Crippen LogP contribution is -2.40. The lowest BCUT2D eigenvalue weighted by molar-refractivity contribution is -0.130. The molecule has 2 N–H and O–H groups in total. The number of carbonyl (C=O) groups is 3. The first-order chi connectivity index (χ1) is 15.6. The first kappa shape index (κ1) is 25.0. The van der Waals surface area contributed by atoms with Crippen LogP contribution in [0.2, 0.25) is 0 Å². The number of anilines is 1. The lowest BCUT2D eigenvalue weighted by Gasteiger charge is -2.21. The number of methoxy groups -OCH3 is 1. The molecule has 10 nitrogen and oxygen atoms in total. The van der Waals surface area contributed by atoms with Crippen LogP contribution in [0.4, 0.5) is 10.5 Å². The van der Waals surface area contributed by atoms with Crippen LogP contribution in [0.5, 0.6) is 5.75 Å². The summed E-state index contributed by atoms with van der Waals surface area (Å²) >= 11 is 0. The Morgan fingerprint density at radius 2 is 1.82 bits per heavy atom. The first-order valence-electron chi connectivity index (χ1n) is 11.2. The van der Waals surface area contributed by atoms with E-state index in [9.17, 15) is 22.8 Å². The molecular weight excluding hydrogens is 448 g/mol. The van der Waals surface area contributed by atoms with E-state index in [0.29, 0.717) is 18.8 Å². The maximum absolute atomic E-state index is 13.1. The number of benzene rings is 1. The molecule has 3 rings (SSSR count). The Kier molecular flexibility index (Phi) is 7.63. The number of nitrogens with one attached hydrogen (secondary N) is 2. The van der Waals surface area contributed by atoms with Gasteiger partial charge in [-0.05, 0) is 51.3 Å². The highest BCUT2D eigenvalue weighted by Crippen LogP contribution is 2.30. The Hall–Kier alpha value is -2.66. The van der Waals surface area contributed by atoms with Crippen molar-refractivity contribution in [2.24, 2.45) is 0 Å². The third-order valence-electron chi connectivity index (χ3n) is 5.88. The van der Waals surface area contributed by atoms with Gasteiger partial charge in [0.05, 0.1) is 17.7 Å². The summed E-state index contributed by atoms with van der Waals surface area (Å²) in [5.74, 6) is -0.362. The molecule has 0 radical (unpaired) electrons. The molecule has 4 amide bonds. The molecule has 2 fully saturated rings. The molecular formula is C22H32N4O6S. The fraction of sp³-hybridized carbons (Fsp3) is 0.591. The van der Waals surface area contributed by atoms with Crippen molar-refractivity contribution in [3.8, 4) is 5.75 Å². The van der Waals surface area contributed by atoms with Gasteiger partial charge < -0.3 is 15.4 Å². The van der Waals surface area contributed by atoms with Crippen molar-refractivity contribution in [3.63, 3.8) is 0 Å². The topological polar surface area (TPSA) is 125 Å². The number of carbonyl (C=O) groups excluding carboxylic acids is 3. The Bertz CT molecular complexity index is 1020. The molecule has 0 aromatic heterocycles. The van der Waals surface area contributed by atoms with Crippen LogP contribution in [0.1, 0.15) is 52.4 Å². The average Bonchev–Trinajstić information content (AvgIpc) is 2.96. The number of rotatable bonds is 8. The Morgan fingerprint density at radius 1 is 1.15 bits per heavy atom. The number of hydrogen-bond donors (Lipinski definition) is 2. The van der Waals surface area contributed by atoms with Gasteiger partial charge in [-0.3, -0.25) is 14.5 Å². The number of hydrogen-bond acceptors (Lipinski definition) is 6. The molecule has 0 bridgehead atoms. The fourth-order valence-corrected chi connectivity index (χ4v) is 5.55. The van der Waals surface area contributed by atoms with E-state index in [-0.39, 0.29) is 41.8 Å². The molecule has 2 heterocycles. The minimum absolute atomic E-state index is 0.0454. The standard InChI is InChI=1S/C22H32N4O6S/c1-22(2)20(28)26(21(29)24-22)14-8-9-19(27)23-17-15-16(10-11-18(17)32-3)33(30,31)25-12-6-4-5-7-13-25/h10-11,15H,4-9,12-14H2,1-3H3,(H,23,27)(H,24,29). The second-order valence-corrected chi connectivity index (χ2v) is 10.8. The van der Waals surface area contributed by atoms with Gasteiger partial charge in [-0.2, -0.15) is 4.31 Å². The van der Waals surface area contributed by atoms with E-state index >= 15 is 0 Å². The SMILES string of the molecule is COc1ccc(S(=O)(=O)N2CCCCCC2)cc1NC(=O)CCCN1C(=O)NC(C)(C)C1=O. The smallest absolute Gasteiger partial charge is 0.325 e. The Morgan fingerprint density at radius 3 is 2.39 bits per heavy atom. The van der Waals surface area contributed by atoms with E-state index in [2.05, 4.69) is 10.6 Å². The van der Waals surface area contributed by atoms with Crippen LogP contribution in [0, 0.1) is 0 Å². The van der Waals surface area contributed by atoms with Crippen molar-refractivity contribution < 1.29 is 27.5 Å². The molecule has 1 aromatic rings. The molecule has 0 unspecified atom stereocenters. The van der Waals surface area contributed by atoms with Gasteiger partial charge in [-0.15, -0.1) is 0 Å². The third kappa shape index (κ3) is 5.64. The summed E-state index contributed by atoms with van der Waals surface area (Å²) < 4.78 is 33.0. The summed E-state index contributed by atoms with van der Waals surface area (Å²) in [6, 6.07) is 3.94. The van der Waals surface area contributed by atoms with E-state index < -0.39 is 21.6 Å². The zero-order valence-corrected chi connectivity index (χ0v) is 20.2. The second-order valence-electron chi connectivity index (χ2n) is 8.84. The molecule has 0 aliphatic carbocycles. The molecule has 182 valence electrons. The summed E-state index contributed by atoms with van der Waals surface area (Å²) in [5.41, 5.74) is -0.694. The van der Waals surface area contributed by atoms with E-state index in [1.165, 1.54) is 29.6 Å². The number of urea groups is 1. The van der Waals surface area contributed by atoms with Crippen molar-refractivity contribution in [2.75, 3.05) is 32.1 Å². The summed E-state index contributed by atoms with van der Waals surface area (Å²) in [7, 11) is -2.24. The van der Waals surface area contributed by atoms with E-state index in [1.807, 2.05) is 0 Å². The second kappa shape index (κ2) is 10.1. The van der Waals surface area contributed by atoms with Gasteiger partial charge in [0.25, 0.3) is 5.91 Å². The largest absolute Gasteiger partial charge is 0.495 e. The Balaban J connectivity index is 1.65. The molecule has 0 atom stereocenters. The van der Waals surface area contributed by atoms with Crippen molar-refractivity contribution in [2.45, 2.75) is 62.8 Å². The van der Waals surface area contributed by atoms with Crippen molar-refractivity contribution in [1.82, 2.24) is 14.5 Å². The highest BCUT2D eigenvalue weighted by atomic mass is 32.2. The minimum atomic E-state index is -3.68. The summed E-state index contributed by atoms with van der Waals surface area (Å²) in [6.07, 6.45) is 4.00. The van der Waals surface area contributed by atoms with Crippen molar-refractivity contribution >= 4 is 33.6 Å². The predicted octanol–water partition coefficient (Wildman–Crippen LogP) is 2.31. The minimum Gasteiger partial charge on any atom is -0.495 e. The van der Waals surface area contributed by atoms with Gasteiger partial charge in [0.15, 0.2) is 0 Å². The number of sulfonamides is 1. The van der Waals surface area contributed by atoms with Gasteiger partial charge in [0.1, 0.15) is 11.3 Å². The zero-order valence-electron chi connectivity index (χ0n) is 19.3. The monoisotopic (exact) mass is 480 g/mol. The summed E-state index contributed by atoms with van der Waals surface area (Å²) in [4.78, 5) is 37.9. The van der Waals surface area contributed by atoms with Gasteiger partial charge in [-0.25, -0.2) is 13.2 Å². The van der Waals surface area contributed by atoms with Crippen LogP contribution >= 0.6 is 0 Å². The molecule has 33 heavy (non-hydrogen) atoms. The lowest BCUT2D eigenvalue weighted by atomic mass is 10.1. The summed E-state index contributed by atoms with van der Waals surface area (Å²) in [5, 5.41) is 5.30.